The number of nitrogens with zero attached hydrogens (tertiary/aromatic N) is 4. The molecule has 0 atom stereocenters. The van der Waals surface area contributed by atoms with Crippen molar-refractivity contribution in [1.82, 2.24) is 0 Å². The van der Waals surface area contributed by atoms with Crippen LogP contribution in [-0.4, -0.2) is 40.6 Å². The minimum absolute atomic E-state index is 0. The van der Waals surface area contributed by atoms with Gasteiger partial charge in [-0.05, 0) is 60.7 Å². The van der Waals surface area contributed by atoms with Crippen LogP contribution < -0.4 is 169 Å². The number of rotatable bonds is 16. The number of benzene rings is 6. The van der Waals surface area contributed by atoms with Crippen molar-refractivity contribution < 1.29 is 202 Å². The average Bonchev–Trinajstić information content (AvgIpc) is 3.31. The van der Waals surface area contributed by atoms with Crippen LogP contribution in [0, 0.1) is 0 Å². The van der Waals surface area contributed by atoms with Crippen molar-refractivity contribution in [3.8, 4) is 11.5 Å². The molecule has 379 valence electrons. The summed E-state index contributed by atoms with van der Waals surface area (Å²) in [5.41, 5.74) is -3.20. The number of allylic oxidation sites excluding steroid dienone is 2. The van der Waals surface area contributed by atoms with E-state index in [2.05, 4.69) is 40.5 Å². The fourth-order valence-electron chi connectivity index (χ4n) is 5.64. The number of carbonyl (C=O) groups excluding carboxylic acids is 4. The summed E-state index contributed by atoms with van der Waals surface area (Å²) in [7, 11) is -8.75. The number of carbonyl (C=O) groups is 4. The fraction of sp³-hybridized carbons (Fsp3) is 0.0435. The molecule has 0 aliphatic rings. The van der Waals surface area contributed by atoms with Crippen LogP contribution in [0.15, 0.2) is 187 Å². The largest absolute Gasteiger partial charge is 2.00 e. The van der Waals surface area contributed by atoms with Crippen LogP contribution in [0.3, 0.4) is 0 Å². The Labute approximate surface area is 549 Å². The molecule has 0 bridgehead atoms. The number of nitrogens with one attached hydrogen (secondary N) is 4. The molecule has 2 amide bonds. The molecule has 0 heterocycles. The Balaban J connectivity index is 0.00000141. The molecule has 0 unspecified atom stereocenters. The molecule has 0 saturated carbocycles. The van der Waals surface area contributed by atoms with E-state index in [9.17, 15) is 66.7 Å². The Kier molecular flexibility index (Phi) is 31.4. The summed E-state index contributed by atoms with van der Waals surface area (Å²) in [6.45, 7) is 2.11. The summed E-state index contributed by atoms with van der Waals surface area (Å²) < 4.78 is 55.4. The third kappa shape index (κ3) is 20.7. The van der Waals surface area contributed by atoms with Gasteiger partial charge in [0.25, 0.3) is 31.9 Å². The second kappa shape index (κ2) is 33.3. The van der Waals surface area contributed by atoms with Crippen molar-refractivity contribution in [2.75, 3.05) is 20.1 Å². The van der Waals surface area contributed by atoms with Crippen LogP contribution in [0.4, 0.5) is 34.1 Å². The Morgan fingerprint density at radius 2 is 0.766 bits per heavy atom. The standard InChI is InChI=1S/2C23H19ClN4O7S.Co.4Na/c2*1-13(29)21(22(31)25-18-9-5-3-7-16(18)24)27-26-19-12-14(10-11-20(19)30)36(34,35)28-17-8-4-2-6-15(17)23(32)33;;;;;/h2*2-12,28-30H,1H3,(H,25,31)(H,32,33);;;;;/q;;+2;4*+1/p-6/b2*21-13+,27-26?;;;;;. The number of amides is 2. The third-order valence-electron chi connectivity index (χ3n) is 9.12. The van der Waals surface area contributed by atoms with Crippen molar-refractivity contribution in [3.63, 3.8) is 0 Å². The maximum absolute atomic E-state index is 12.8. The van der Waals surface area contributed by atoms with Crippen LogP contribution in [0.1, 0.15) is 34.6 Å². The first-order valence-electron chi connectivity index (χ1n) is 20.0. The number of carboxylic acid groups (broad SMARTS) is 2. The maximum atomic E-state index is 12.8. The van der Waals surface area contributed by atoms with Gasteiger partial charge in [0.2, 0.25) is 0 Å². The molecule has 1 radical (unpaired) electrons. The van der Waals surface area contributed by atoms with Gasteiger partial charge >= 0.3 is 135 Å². The Morgan fingerprint density at radius 3 is 1.06 bits per heavy atom. The van der Waals surface area contributed by atoms with Gasteiger partial charge in [0.05, 0.1) is 65.9 Å². The second-order valence-corrected chi connectivity index (χ2v) is 18.4. The van der Waals surface area contributed by atoms with Crippen molar-refractivity contribution in [2.24, 2.45) is 20.5 Å². The van der Waals surface area contributed by atoms with Crippen molar-refractivity contribution in [1.29, 1.82) is 0 Å². The summed E-state index contributed by atoms with van der Waals surface area (Å²) >= 11 is 12.0. The minimum Gasteiger partial charge on any atom is -0.874 e. The number of aromatic carboxylic acids is 2. The van der Waals surface area contributed by atoms with Gasteiger partial charge in [0, 0.05) is 11.1 Å². The van der Waals surface area contributed by atoms with Gasteiger partial charge in [-0.25, -0.2) is 16.8 Å². The first kappa shape index (κ1) is 72.7. The summed E-state index contributed by atoms with van der Waals surface area (Å²) in [6, 6.07) is 28.3. The molecule has 4 N–H and O–H groups in total. The van der Waals surface area contributed by atoms with Gasteiger partial charge in [-0.2, -0.15) is 10.2 Å². The zero-order chi connectivity index (χ0) is 52.9. The quantitative estimate of drug-likeness (QED) is 0.0303. The molecule has 0 aliphatic carbocycles. The Bertz CT molecular complexity index is 3260. The molecule has 77 heavy (non-hydrogen) atoms. The zero-order valence-electron chi connectivity index (χ0n) is 41.1. The first-order chi connectivity index (χ1) is 34.0. The summed E-state index contributed by atoms with van der Waals surface area (Å²) in [6.07, 6.45) is 0. The Hall–Kier alpha value is -4.33. The zero-order valence-corrected chi connectivity index (χ0v) is 53.3. The van der Waals surface area contributed by atoms with Crippen molar-refractivity contribution in [3.05, 3.63) is 178 Å². The molecule has 0 spiro atoms. The van der Waals surface area contributed by atoms with E-state index >= 15 is 0 Å². The Morgan fingerprint density at radius 1 is 0.468 bits per heavy atom. The number of carboxylic acids is 2. The number of para-hydroxylation sites is 4. The number of azo groups is 2. The number of hydrogen-bond donors (Lipinski definition) is 4. The van der Waals surface area contributed by atoms with Crippen LogP contribution in [0.2, 0.25) is 10.0 Å². The van der Waals surface area contributed by atoms with E-state index in [1.165, 1.54) is 60.7 Å². The number of hydrogen-bond acceptors (Lipinski definition) is 18. The van der Waals surface area contributed by atoms with E-state index in [0.29, 0.717) is 0 Å². The molecular weight excluding hydrogens is 1170 g/mol. The van der Waals surface area contributed by atoms with E-state index in [-0.39, 0.29) is 168 Å². The molecule has 6 aromatic rings. The summed E-state index contributed by atoms with van der Waals surface area (Å²) in [5.74, 6) is -8.14. The van der Waals surface area contributed by atoms with E-state index in [4.69, 9.17) is 23.2 Å². The molecule has 31 heteroatoms. The van der Waals surface area contributed by atoms with Crippen LogP contribution >= 0.6 is 23.2 Å². The molecule has 0 saturated heterocycles. The summed E-state index contributed by atoms with van der Waals surface area (Å²) in [5, 5.41) is 90.4. The van der Waals surface area contributed by atoms with E-state index in [1.807, 2.05) is 0 Å². The van der Waals surface area contributed by atoms with Crippen LogP contribution in [0.25, 0.3) is 0 Å². The molecular formula is C46H32Cl2CoN8Na4O14S2. The van der Waals surface area contributed by atoms with Crippen molar-refractivity contribution >= 4 is 101 Å². The fourth-order valence-corrected chi connectivity index (χ4v) is 8.20. The monoisotopic (exact) mass is 1200 g/mol. The van der Waals surface area contributed by atoms with Gasteiger partial charge in [-0.3, -0.25) is 19.0 Å². The number of sulfonamides is 2. The van der Waals surface area contributed by atoms with Crippen LogP contribution in [-0.2, 0) is 46.4 Å². The molecule has 0 aliphatic heterocycles. The number of anilines is 4. The predicted molar refractivity (Wildman–Crippen MR) is 250 cm³/mol. The van der Waals surface area contributed by atoms with E-state index in [1.54, 1.807) is 24.3 Å². The molecule has 0 aromatic heterocycles. The van der Waals surface area contributed by atoms with E-state index in [0.717, 1.165) is 62.4 Å². The summed E-state index contributed by atoms with van der Waals surface area (Å²) in [4.78, 5) is 46.6. The second-order valence-electron chi connectivity index (χ2n) is 14.2. The SMILES string of the molecule is C/C([O-])=C(\N=Nc1cc(S(=O)(=O)Nc2ccccc2C(=O)[O-])ccc1[O-])C(=O)Nc1ccccc1Cl.C/C([O-])=C(\N=Nc1cc(S(=O)(=O)Nc2ccccc2C(=O)[O-])ccc1[O-])C(=O)Nc1ccccc1Cl.[Co+2].[Na+].[Na+].[Na+].[Na+]. The van der Waals surface area contributed by atoms with Gasteiger partial charge < -0.3 is 50.9 Å². The minimum atomic E-state index is -4.37. The average molecular weight is 1210 g/mol. The van der Waals surface area contributed by atoms with Gasteiger partial charge in [0.15, 0.2) is 0 Å². The predicted octanol–water partition coefficient (Wildman–Crippen LogP) is -8.20. The van der Waals surface area contributed by atoms with Gasteiger partial charge in [-0.1, -0.05) is 121 Å². The first-order valence-corrected chi connectivity index (χ1v) is 23.7. The number of halogens is 2. The van der Waals surface area contributed by atoms with Gasteiger partial charge in [0.1, 0.15) is 11.4 Å². The normalized spacial score (nSPS) is 11.4. The molecule has 6 aromatic carbocycles. The molecule has 22 nitrogen and oxygen atoms in total. The van der Waals surface area contributed by atoms with E-state index < -0.39 is 111 Å². The third-order valence-corrected chi connectivity index (χ3v) is 12.5. The molecule has 6 rings (SSSR count). The smallest absolute Gasteiger partial charge is 0.874 e. The van der Waals surface area contributed by atoms with Gasteiger partial charge in [-0.15, -0.1) is 21.7 Å². The maximum Gasteiger partial charge on any atom is 2.00 e. The van der Waals surface area contributed by atoms with Crippen LogP contribution in [0.5, 0.6) is 11.5 Å². The molecule has 0 fully saturated rings. The van der Waals surface area contributed by atoms with Crippen molar-refractivity contribution in [2.45, 2.75) is 23.6 Å². The topological polar surface area (TPSA) is 372 Å².